The first-order valence-corrected chi connectivity index (χ1v) is 7.45. The van der Waals surface area contributed by atoms with Crippen LogP contribution in [0, 0.1) is 6.92 Å². The predicted molar refractivity (Wildman–Crippen MR) is 81.9 cm³/mol. The van der Waals surface area contributed by atoms with E-state index >= 15 is 0 Å². The van der Waals surface area contributed by atoms with E-state index in [1.807, 2.05) is 31.4 Å². The summed E-state index contributed by atoms with van der Waals surface area (Å²) in [4.78, 5) is 16.3. The summed E-state index contributed by atoms with van der Waals surface area (Å²) in [6, 6.07) is 7.09. The van der Waals surface area contributed by atoms with E-state index in [-0.39, 0.29) is 18.6 Å². The molecule has 0 saturated carbocycles. The monoisotopic (exact) mass is 306 g/mol. The topological polar surface area (TPSA) is 60.5 Å². The van der Waals surface area contributed by atoms with Crippen molar-refractivity contribution in [2.45, 2.75) is 19.9 Å². The van der Waals surface area contributed by atoms with Crippen molar-refractivity contribution >= 4 is 17.2 Å². The van der Waals surface area contributed by atoms with Gasteiger partial charge in [-0.25, -0.2) is 4.98 Å². The zero-order valence-corrected chi connectivity index (χ0v) is 13.1. The normalized spacial score (nSPS) is 11.8. The summed E-state index contributed by atoms with van der Waals surface area (Å²) in [5.74, 6) is 0.958. The molecular formula is C15H18N2O3S. The van der Waals surface area contributed by atoms with E-state index in [0.29, 0.717) is 11.5 Å². The third kappa shape index (κ3) is 4.19. The summed E-state index contributed by atoms with van der Waals surface area (Å²) >= 11 is 1.56. The highest BCUT2D eigenvalue weighted by molar-refractivity contribution is 7.09. The summed E-state index contributed by atoms with van der Waals surface area (Å²) in [6.45, 7) is 3.77. The number of thiazole rings is 1. The van der Waals surface area contributed by atoms with Crippen molar-refractivity contribution in [2.75, 3.05) is 13.7 Å². The Morgan fingerprint density at radius 3 is 2.71 bits per heavy atom. The van der Waals surface area contributed by atoms with Gasteiger partial charge in [-0.15, -0.1) is 11.3 Å². The van der Waals surface area contributed by atoms with Gasteiger partial charge < -0.3 is 14.8 Å². The molecule has 1 heterocycles. The Morgan fingerprint density at radius 2 is 2.10 bits per heavy atom. The van der Waals surface area contributed by atoms with Crippen molar-refractivity contribution in [3.8, 4) is 11.5 Å². The van der Waals surface area contributed by atoms with Crippen LogP contribution in [0.25, 0.3) is 0 Å². The molecule has 0 bridgehead atoms. The quantitative estimate of drug-likeness (QED) is 0.891. The largest absolute Gasteiger partial charge is 0.493 e. The summed E-state index contributed by atoms with van der Waals surface area (Å²) < 4.78 is 10.6. The minimum atomic E-state index is -0.195. The summed E-state index contributed by atoms with van der Waals surface area (Å²) in [6.07, 6.45) is 0. The maximum atomic E-state index is 11.9. The predicted octanol–water partition coefficient (Wildman–Crippen LogP) is 2.72. The number of carbonyl (C=O) groups excluding carboxylic acids is 1. The number of carbonyl (C=O) groups is 1. The Bertz CT molecular complexity index is 612. The average Bonchev–Trinajstić information content (AvgIpc) is 2.92. The van der Waals surface area contributed by atoms with E-state index < -0.39 is 0 Å². The van der Waals surface area contributed by atoms with Crippen LogP contribution in [-0.4, -0.2) is 24.6 Å². The molecule has 1 amide bonds. The lowest BCUT2D eigenvalue weighted by Gasteiger charge is -2.13. The molecule has 112 valence electrons. The van der Waals surface area contributed by atoms with Gasteiger partial charge >= 0.3 is 0 Å². The van der Waals surface area contributed by atoms with E-state index in [0.717, 1.165) is 10.7 Å². The molecule has 2 aromatic rings. The van der Waals surface area contributed by atoms with Crippen LogP contribution in [-0.2, 0) is 4.79 Å². The SMILES string of the molecule is COc1ccccc1OCC(=O)NC(C)c1csc(C)n1. The van der Waals surface area contributed by atoms with Gasteiger partial charge in [0.1, 0.15) is 0 Å². The van der Waals surface area contributed by atoms with E-state index in [9.17, 15) is 4.79 Å². The van der Waals surface area contributed by atoms with Crippen LogP contribution >= 0.6 is 11.3 Å². The maximum Gasteiger partial charge on any atom is 0.258 e. The van der Waals surface area contributed by atoms with Crippen LogP contribution < -0.4 is 14.8 Å². The smallest absolute Gasteiger partial charge is 0.258 e. The van der Waals surface area contributed by atoms with E-state index in [1.165, 1.54) is 0 Å². The number of nitrogens with zero attached hydrogens (tertiary/aromatic N) is 1. The third-order valence-electron chi connectivity index (χ3n) is 2.89. The Hall–Kier alpha value is -2.08. The van der Waals surface area contributed by atoms with Crippen LogP contribution in [0.2, 0.25) is 0 Å². The van der Waals surface area contributed by atoms with E-state index in [1.54, 1.807) is 30.6 Å². The van der Waals surface area contributed by atoms with Gasteiger partial charge in [-0.3, -0.25) is 4.79 Å². The highest BCUT2D eigenvalue weighted by Crippen LogP contribution is 2.25. The fourth-order valence-corrected chi connectivity index (χ4v) is 2.52. The molecule has 1 aromatic heterocycles. The lowest BCUT2D eigenvalue weighted by molar-refractivity contribution is -0.123. The molecule has 1 atom stereocenters. The zero-order valence-electron chi connectivity index (χ0n) is 12.3. The second-order valence-corrected chi connectivity index (χ2v) is 5.58. The number of hydrogen-bond acceptors (Lipinski definition) is 5. The second-order valence-electron chi connectivity index (χ2n) is 4.52. The number of nitrogens with one attached hydrogen (secondary N) is 1. The summed E-state index contributed by atoms with van der Waals surface area (Å²) in [5, 5.41) is 5.79. The first-order chi connectivity index (χ1) is 10.1. The number of rotatable bonds is 6. The van der Waals surface area contributed by atoms with Gasteiger partial charge in [-0.1, -0.05) is 12.1 Å². The molecule has 5 nitrogen and oxygen atoms in total. The lowest BCUT2D eigenvalue weighted by atomic mass is 10.2. The minimum absolute atomic E-state index is 0.0617. The van der Waals surface area contributed by atoms with Crippen LogP contribution in [0.4, 0.5) is 0 Å². The number of para-hydroxylation sites is 2. The van der Waals surface area contributed by atoms with Gasteiger partial charge in [-0.2, -0.15) is 0 Å². The standard InChI is InChI=1S/C15H18N2O3S/c1-10(12-9-21-11(2)17-12)16-15(18)8-20-14-7-5-4-6-13(14)19-3/h4-7,9-10H,8H2,1-3H3,(H,16,18). The third-order valence-corrected chi connectivity index (χ3v) is 3.68. The average molecular weight is 306 g/mol. The number of benzene rings is 1. The molecule has 1 aromatic carbocycles. The highest BCUT2D eigenvalue weighted by atomic mass is 32.1. The molecule has 0 radical (unpaired) electrons. The fraction of sp³-hybridized carbons (Fsp3) is 0.333. The van der Waals surface area contributed by atoms with Crippen LogP contribution in [0.3, 0.4) is 0 Å². The van der Waals surface area contributed by atoms with Gasteiger partial charge in [0.25, 0.3) is 5.91 Å². The van der Waals surface area contributed by atoms with Crippen molar-refractivity contribution < 1.29 is 14.3 Å². The van der Waals surface area contributed by atoms with Gasteiger partial charge in [0.2, 0.25) is 0 Å². The Kier molecular flexibility index (Phi) is 5.16. The molecule has 1 N–H and O–H groups in total. The van der Waals surface area contributed by atoms with Crippen LogP contribution in [0.1, 0.15) is 23.7 Å². The van der Waals surface area contributed by atoms with Crippen molar-refractivity contribution in [3.05, 3.63) is 40.3 Å². The number of aromatic nitrogens is 1. The molecule has 2 rings (SSSR count). The first kappa shape index (κ1) is 15.3. The van der Waals surface area contributed by atoms with E-state index in [4.69, 9.17) is 9.47 Å². The Balaban J connectivity index is 1.87. The molecule has 1 unspecified atom stereocenters. The van der Waals surface area contributed by atoms with Crippen molar-refractivity contribution in [1.29, 1.82) is 0 Å². The molecule has 0 aliphatic rings. The second kappa shape index (κ2) is 7.08. The summed E-state index contributed by atoms with van der Waals surface area (Å²) in [7, 11) is 1.56. The van der Waals surface area contributed by atoms with E-state index in [2.05, 4.69) is 10.3 Å². The summed E-state index contributed by atoms with van der Waals surface area (Å²) in [5.41, 5.74) is 0.864. The van der Waals surface area contributed by atoms with Crippen molar-refractivity contribution in [2.24, 2.45) is 0 Å². The van der Waals surface area contributed by atoms with Crippen LogP contribution in [0.5, 0.6) is 11.5 Å². The minimum Gasteiger partial charge on any atom is -0.493 e. The van der Waals surface area contributed by atoms with Gasteiger partial charge in [0.15, 0.2) is 18.1 Å². The lowest BCUT2D eigenvalue weighted by Crippen LogP contribution is -2.31. The Labute approximate surface area is 127 Å². The first-order valence-electron chi connectivity index (χ1n) is 6.57. The molecule has 0 aliphatic heterocycles. The molecule has 0 aliphatic carbocycles. The fourth-order valence-electron chi connectivity index (χ4n) is 1.82. The van der Waals surface area contributed by atoms with Gasteiger partial charge in [0, 0.05) is 5.38 Å². The van der Waals surface area contributed by atoms with Gasteiger partial charge in [-0.05, 0) is 26.0 Å². The molecular weight excluding hydrogens is 288 g/mol. The maximum absolute atomic E-state index is 11.9. The number of methoxy groups -OCH3 is 1. The number of ether oxygens (including phenoxy) is 2. The molecule has 0 spiro atoms. The highest BCUT2D eigenvalue weighted by Gasteiger charge is 2.13. The van der Waals surface area contributed by atoms with Crippen LogP contribution in [0.15, 0.2) is 29.6 Å². The van der Waals surface area contributed by atoms with Crippen molar-refractivity contribution in [3.63, 3.8) is 0 Å². The molecule has 6 heteroatoms. The number of hydrogen-bond donors (Lipinski definition) is 1. The number of aryl methyl sites for hydroxylation is 1. The Morgan fingerprint density at radius 1 is 1.38 bits per heavy atom. The number of amides is 1. The zero-order chi connectivity index (χ0) is 15.2. The molecule has 21 heavy (non-hydrogen) atoms. The van der Waals surface area contributed by atoms with Gasteiger partial charge in [0.05, 0.1) is 23.9 Å². The van der Waals surface area contributed by atoms with Crippen molar-refractivity contribution in [1.82, 2.24) is 10.3 Å². The molecule has 0 saturated heterocycles. The molecule has 0 fully saturated rings.